The van der Waals surface area contributed by atoms with Crippen molar-refractivity contribution < 1.29 is 13.2 Å². The first kappa shape index (κ1) is 14.9. The van der Waals surface area contributed by atoms with Gasteiger partial charge >= 0.3 is 0 Å². The van der Waals surface area contributed by atoms with Gasteiger partial charge in [0.05, 0.1) is 0 Å². The number of rotatable bonds is 4. The molecule has 6 nitrogen and oxygen atoms in total. The minimum atomic E-state index is -3.82. The number of sulfonamides is 1. The molecule has 0 aliphatic rings. The molecule has 2 aromatic rings. The van der Waals surface area contributed by atoms with E-state index in [0.29, 0.717) is 10.2 Å². The normalized spacial score (nSPS) is 11.3. The molecule has 0 saturated heterocycles. The molecule has 0 bridgehead atoms. The third-order valence-corrected chi connectivity index (χ3v) is 5.55. The van der Waals surface area contributed by atoms with Crippen LogP contribution in [-0.2, 0) is 10.0 Å². The first-order valence-corrected chi connectivity index (χ1v) is 8.49. The molecule has 9 heteroatoms. The van der Waals surface area contributed by atoms with Gasteiger partial charge in [-0.05, 0) is 34.1 Å². The summed E-state index contributed by atoms with van der Waals surface area (Å²) in [4.78, 5) is 15.1. The molecule has 0 radical (unpaired) electrons. The third kappa shape index (κ3) is 3.17. The van der Waals surface area contributed by atoms with Gasteiger partial charge in [-0.2, -0.15) is 0 Å². The molecule has 0 fully saturated rings. The summed E-state index contributed by atoms with van der Waals surface area (Å²) in [5, 5.41) is 1.62. The van der Waals surface area contributed by atoms with E-state index in [4.69, 9.17) is 5.73 Å². The molecule has 0 aliphatic heterocycles. The monoisotopic (exact) mass is 375 g/mol. The number of nitrogens with one attached hydrogen (secondary N) is 1. The van der Waals surface area contributed by atoms with Crippen molar-refractivity contribution in [1.29, 1.82) is 0 Å². The van der Waals surface area contributed by atoms with Gasteiger partial charge in [0.25, 0.3) is 10.0 Å². The van der Waals surface area contributed by atoms with E-state index in [1.807, 2.05) is 0 Å². The van der Waals surface area contributed by atoms with Crippen LogP contribution < -0.4 is 10.5 Å². The van der Waals surface area contributed by atoms with Crippen LogP contribution in [0.1, 0.15) is 17.4 Å². The Balaban J connectivity index is 2.35. The molecule has 3 N–H and O–H groups in total. The number of nitrogen functional groups attached to an aromatic ring is 1. The van der Waals surface area contributed by atoms with Gasteiger partial charge in [0.2, 0.25) is 0 Å². The van der Waals surface area contributed by atoms with Crippen molar-refractivity contribution >= 4 is 53.9 Å². The van der Waals surface area contributed by atoms with Crippen LogP contribution in [0.25, 0.3) is 0 Å². The van der Waals surface area contributed by atoms with Gasteiger partial charge in [-0.1, -0.05) is 0 Å². The maximum atomic E-state index is 12.2. The van der Waals surface area contributed by atoms with Crippen LogP contribution in [-0.4, -0.2) is 19.2 Å². The Morgan fingerprint density at radius 2 is 2.15 bits per heavy atom. The van der Waals surface area contributed by atoms with Crippen molar-refractivity contribution in [1.82, 2.24) is 4.98 Å². The predicted octanol–water partition coefficient (Wildman–Crippen LogP) is 2.49. The molecule has 0 spiro atoms. The molecular formula is C11H10BrN3O3S2. The number of benzene rings is 1. The number of nitrogens with zero attached hydrogens (tertiary/aromatic N) is 1. The van der Waals surface area contributed by atoms with Crippen LogP contribution in [0.2, 0.25) is 0 Å². The molecule has 1 aromatic carbocycles. The van der Waals surface area contributed by atoms with Crippen LogP contribution in [0.4, 0.5) is 10.8 Å². The summed E-state index contributed by atoms with van der Waals surface area (Å²) in [6.07, 6.45) is 0. The van der Waals surface area contributed by atoms with Crippen LogP contribution in [0.3, 0.4) is 0 Å². The molecule has 2 rings (SSSR count). The number of Topliss-reactive ketones (excluding diaryl/α,β-unsaturated/α-hetero) is 1. The average Bonchev–Trinajstić information content (AvgIpc) is 2.80. The molecule has 0 aliphatic carbocycles. The van der Waals surface area contributed by atoms with Gasteiger partial charge in [0.1, 0.15) is 10.6 Å². The van der Waals surface area contributed by atoms with Crippen molar-refractivity contribution in [3.63, 3.8) is 0 Å². The lowest BCUT2D eigenvalue weighted by Crippen LogP contribution is -2.14. The Morgan fingerprint density at radius 1 is 1.45 bits per heavy atom. The maximum absolute atomic E-state index is 12.2. The highest BCUT2D eigenvalue weighted by Crippen LogP contribution is 2.27. The molecule has 0 atom stereocenters. The van der Waals surface area contributed by atoms with E-state index in [-0.39, 0.29) is 21.5 Å². The minimum Gasteiger partial charge on any atom is -0.399 e. The van der Waals surface area contributed by atoms with E-state index in [0.717, 1.165) is 11.3 Å². The maximum Gasteiger partial charge on any atom is 0.264 e. The standard InChI is InChI=1S/C11H10BrN3O3S2/c1-6(16)9-5-19-11(14-9)15-20(17,18)10-4-7(13)2-3-8(10)12/h2-5H,13H2,1H3,(H,14,15). The number of anilines is 2. The first-order chi connectivity index (χ1) is 9.29. The molecule has 0 unspecified atom stereocenters. The van der Waals surface area contributed by atoms with E-state index >= 15 is 0 Å². The molecule has 0 amide bonds. The topological polar surface area (TPSA) is 102 Å². The summed E-state index contributed by atoms with van der Waals surface area (Å²) in [5.41, 5.74) is 6.14. The largest absolute Gasteiger partial charge is 0.399 e. The lowest BCUT2D eigenvalue weighted by molar-refractivity contribution is 0.101. The van der Waals surface area contributed by atoms with Gasteiger partial charge in [-0.3, -0.25) is 9.52 Å². The Hall–Kier alpha value is -1.45. The summed E-state index contributed by atoms with van der Waals surface area (Å²) >= 11 is 4.20. The van der Waals surface area contributed by atoms with Gasteiger partial charge in [0.15, 0.2) is 10.9 Å². The number of thiazole rings is 1. The number of hydrogen-bond acceptors (Lipinski definition) is 6. The number of carbonyl (C=O) groups is 1. The van der Waals surface area contributed by atoms with Crippen molar-refractivity contribution in [2.75, 3.05) is 10.5 Å². The summed E-state index contributed by atoms with van der Waals surface area (Å²) in [6, 6.07) is 4.47. The zero-order valence-corrected chi connectivity index (χ0v) is 13.5. The molecule has 20 heavy (non-hydrogen) atoms. The van der Waals surface area contributed by atoms with E-state index in [2.05, 4.69) is 25.6 Å². The number of halogens is 1. The molecule has 1 heterocycles. The Bertz CT molecular complexity index is 771. The van der Waals surface area contributed by atoms with Crippen molar-refractivity contribution in [3.05, 3.63) is 33.7 Å². The number of hydrogen-bond donors (Lipinski definition) is 2. The highest BCUT2D eigenvalue weighted by molar-refractivity contribution is 9.10. The fourth-order valence-electron chi connectivity index (χ4n) is 1.38. The van der Waals surface area contributed by atoms with E-state index < -0.39 is 10.0 Å². The molecule has 106 valence electrons. The lowest BCUT2D eigenvalue weighted by atomic mass is 10.3. The molecular weight excluding hydrogens is 366 g/mol. The quantitative estimate of drug-likeness (QED) is 0.631. The van der Waals surface area contributed by atoms with Crippen LogP contribution in [0, 0.1) is 0 Å². The second kappa shape index (κ2) is 5.51. The van der Waals surface area contributed by atoms with E-state index in [1.165, 1.54) is 18.4 Å². The molecule has 1 aromatic heterocycles. The Labute approximate surface area is 128 Å². The Kier molecular flexibility index (Phi) is 4.11. The zero-order chi connectivity index (χ0) is 14.9. The third-order valence-electron chi connectivity index (χ3n) is 2.33. The van der Waals surface area contributed by atoms with Crippen LogP contribution in [0.5, 0.6) is 0 Å². The number of aromatic nitrogens is 1. The number of carbonyl (C=O) groups excluding carboxylic acids is 1. The van der Waals surface area contributed by atoms with E-state index in [1.54, 1.807) is 12.1 Å². The fraction of sp³-hybridized carbons (Fsp3) is 0.0909. The first-order valence-electron chi connectivity index (χ1n) is 5.34. The Morgan fingerprint density at radius 3 is 2.75 bits per heavy atom. The fourth-order valence-corrected chi connectivity index (χ4v) is 4.38. The van der Waals surface area contributed by atoms with Crippen molar-refractivity contribution in [2.24, 2.45) is 0 Å². The zero-order valence-electron chi connectivity index (χ0n) is 10.3. The predicted molar refractivity (Wildman–Crippen MR) is 81.5 cm³/mol. The molecule has 0 saturated carbocycles. The number of nitrogens with two attached hydrogens (primary N) is 1. The van der Waals surface area contributed by atoms with Crippen molar-refractivity contribution in [2.45, 2.75) is 11.8 Å². The van der Waals surface area contributed by atoms with Crippen molar-refractivity contribution in [3.8, 4) is 0 Å². The van der Waals surface area contributed by atoms with Gasteiger partial charge in [-0.15, -0.1) is 11.3 Å². The van der Waals surface area contributed by atoms with Crippen LogP contribution in [0.15, 0.2) is 32.9 Å². The average molecular weight is 376 g/mol. The second-order valence-electron chi connectivity index (χ2n) is 3.89. The second-order valence-corrected chi connectivity index (χ2v) is 7.25. The van der Waals surface area contributed by atoms with Gasteiger partial charge < -0.3 is 5.73 Å². The summed E-state index contributed by atoms with van der Waals surface area (Å²) in [6.45, 7) is 1.36. The van der Waals surface area contributed by atoms with Gasteiger partial charge in [-0.25, -0.2) is 13.4 Å². The minimum absolute atomic E-state index is 0.0112. The smallest absolute Gasteiger partial charge is 0.264 e. The summed E-state index contributed by atoms with van der Waals surface area (Å²) in [7, 11) is -3.82. The van der Waals surface area contributed by atoms with Gasteiger partial charge in [0, 0.05) is 22.5 Å². The highest BCUT2D eigenvalue weighted by Gasteiger charge is 2.20. The van der Waals surface area contributed by atoms with Crippen LogP contribution >= 0.6 is 27.3 Å². The SMILES string of the molecule is CC(=O)c1csc(NS(=O)(=O)c2cc(N)ccc2Br)n1. The highest BCUT2D eigenvalue weighted by atomic mass is 79.9. The summed E-state index contributed by atoms with van der Waals surface area (Å²) in [5.74, 6) is -0.225. The summed E-state index contributed by atoms with van der Waals surface area (Å²) < 4.78 is 27.2. The van der Waals surface area contributed by atoms with E-state index in [9.17, 15) is 13.2 Å². The lowest BCUT2D eigenvalue weighted by Gasteiger charge is -2.07. The number of ketones is 1.